The van der Waals surface area contributed by atoms with Crippen LogP contribution in [0.5, 0.6) is 11.5 Å². The zero-order valence-corrected chi connectivity index (χ0v) is 30.6. The SMILES string of the molecule is Br.CC(C)c1cc(CNCCN(C)C)cc(C(C)C)c1O.CCc1cc(CN(CC)CCCc2ccccc2)cc(C)c1O. The normalized spacial score (nSPS) is 11.2. The van der Waals surface area contributed by atoms with Crippen molar-refractivity contribution >= 4 is 17.0 Å². The quantitative estimate of drug-likeness (QED) is 0.142. The number of hydrogen-bond acceptors (Lipinski definition) is 5. The zero-order chi connectivity index (χ0) is 31.9. The standard InChI is InChI=1S/C21H29NO.C17H30N2O.BrH/c1-4-20-15-19(14-17(3)21(20)23)16-22(5-2)13-9-12-18-10-7-6-8-11-18;1-12(2)15-9-14(11-18-7-8-19(5)6)10-16(13(3)4)17(15)20;/h6-8,10-11,14-15,23H,4-5,9,12-13,16H2,1-3H3;9-10,12-13,18,20H,7-8,11H2,1-6H3;1H. The van der Waals surface area contributed by atoms with Crippen molar-refractivity contribution in [2.24, 2.45) is 0 Å². The highest BCUT2D eigenvalue weighted by atomic mass is 79.9. The van der Waals surface area contributed by atoms with E-state index in [2.05, 4.69) is 125 Å². The lowest BCUT2D eigenvalue weighted by Gasteiger charge is -2.21. The molecule has 3 aromatic carbocycles. The number of hydrogen-bond donors (Lipinski definition) is 3. The molecular weight excluding hydrogens is 610 g/mol. The van der Waals surface area contributed by atoms with Crippen molar-refractivity contribution in [3.05, 3.63) is 93.5 Å². The summed E-state index contributed by atoms with van der Waals surface area (Å²) in [7, 11) is 4.16. The van der Waals surface area contributed by atoms with Crippen molar-refractivity contribution in [1.29, 1.82) is 0 Å². The van der Waals surface area contributed by atoms with Crippen LogP contribution in [0.15, 0.2) is 54.6 Å². The number of rotatable bonds is 15. The van der Waals surface area contributed by atoms with E-state index in [4.69, 9.17) is 0 Å². The van der Waals surface area contributed by atoms with E-state index in [-0.39, 0.29) is 17.0 Å². The summed E-state index contributed by atoms with van der Waals surface area (Å²) in [5.74, 6) is 1.62. The van der Waals surface area contributed by atoms with Gasteiger partial charge < -0.3 is 20.4 Å². The molecule has 3 N–H and O–H groups in total. The summed E-state index contributed by atoms with van der Waals surface area (Å²) in [6.45, 7) is 20.8. The van der Waals surface area contributed by atoms with Gasteiger partial charge in [0.15, 0.2) is 0 Å². The van der Waals surface area contributed by atoms with Crippen molar-refractivity contribution in [3.63, 3.8) is 0 Å². The summed E-state index contributed by atoms with van der Waals surface area (Å²) < 4.78 is 0. The first-order chi connectivity index (χ1) is 20.5. The highest BCUT2D eigenvalue weighted by molar-refractivity contribution is 8.93. The van der Waals surface area contributed by atoms with Crippen LogP contribution in [-0.2, 0) is 25.9 Å². The fourth-order valence-corrected chi connectivity index (χ4v) is 5.32. The molecule has 0 fully saturated rings. The van der Waals surface area contributed by atoms with Gasteiger partial charge in [-0.1, -0.05) is 96.1 Å². The van der Waals surface area contributed by atoms with Crippen LogP contribution in [0.4, 0.5) is 0 Å². The fourth-order valence-electron chi connectivity index (χ4n) is 5.32. The topological polar surface area (TPSA) is 59.0 Å². The molecule has 3 rings (SSSR count). The van der Waals surface area contributed by atoms with Gasteiger partial charge in [0.05, 0.1) is 0 Å². The van der Waals surface area contributed by atoms with Crippen molar-refractivity contribution < 1.29 is 10.2 Å². The molecule has 0 radical (unpaired) electrons. The maximum Gasteiger partial charge on any atom is 0.122 e. The van der Waals surface area contributed by atoms with E-state index in [1.807, 2.05) is 6.92 Å². The van der Waals surface area contributed by atoms with Crippen molar-refractivity contribution in [3.8, 4) is 11.5 Å². The first kappa shape index (κ1) is 39.6. The Morgan fingerprint density at radius 1 is 0.773 bits per heavy atom. The van der Waals surface area contributed by atoms with E-state index in [0.717, 1.165) is 74.4 Å². The number of benzene rings is 3. The molecule has 0 aliphatic carbocycles. The molecule has 0 saturated heterocycles. The predicted octanol–water partition coefficient (Wildman–Crippen LogP) is 8.59. The molecule has 3 aromatic rings. The van der Waals surface area contributed by atoms with Gasteiger partial charge in [-0.15, -0.1) is 17.0 Å². The number of phenols is 2. The Labute approximate surface area is 279 Å². The summed E-state index contributed by atoms with van der Waals surface area (Å²) in [6.07, 6.45) is 3.18. The average Bonchev–Trinajstić information content (AvgIpc) is 2.97. The summed E-state index contributed by atoms with van der Waals surface area (Å²) in [6, 6.07) is 19.2. The molecule has 0 bridgehead atoms. The van der Waals surface area contributed by atoms with Crippen LogP contribution in [0, 0.1) is 6.92 Å². The van der Waals surface area contributed by atoms with Gasteiger partial charge in [-0.3, -0.25) is 4.90 Å². The van der Waals surface area contributed by atoms with Crippen molar-refractivity contribution in [2.75, 3.05) is 40.3 Å². The third-order valence-electron chi connectivity index (χ3n) is 7.99. The minimum Gasteiger partial charge on any atom is -0.507 e. The van der Waals surface area contributed by atoms with E-state index in [1.165, 1.54) is 23.1 Å². The first-order valence-electron chi connectivity index (χ1n) is 16.2. The van der Waals surface area contributed by atoms with Crippen LogP contribution in [0.3, 0.4) is 0 Å². The van der Waals surface area contributed by atoms with Crippen LogP contribution in [0.2, 0.25) is 0 Å². The Kier molecular flexibility index (Phi) is 18.6. The minimum atomic E-state index is 0. The summed E-state index contributed by atoms with van der Waals surface area (Å²) in [5, 5.41) is 23.9. The van der Waals surface area contributed by atoms with Crippen LogP contribution >= 0.6 is 17.0 Å². The third-order valence-corrected chi connectivity index (χ3v) is 7.99. The Balaban J connectivity index is 0.000000435. The minimum absolute atomic E-state index is 0. The predicted molar refractivity (Wildman–Crippen MR) is 195 cm³/mol. The Bertz CT molecular complexity index is 1200. The monoisotopic (exact) mass is 669 g/mol. The molecule has 6 heteroatoms. The number of likely N-dealkylation sites (N-methyl/N-ethyl adjacent to an activating group) is 1. The lowest BCUT2D eigenvalue weighted by atomic mass is 9.91. The lowest BCUT2D eigenvalue weighted by molar-refractivity contribution is 0.276. The highest BCUT2D eigenvalue weighted by Gasteiger charge is 2.15. The van der Waals surface area contributed by atoms with E-state index in [9.17, 15) is 10.2 Å². The van der Waals surface area contributed by atoms with Crippen LogP contribution in [-0.4, -0.2) is 60.3 Å². The van der Waals surface area contributed by atoms with Crippen LogP contribution in [0.25, 0.3) is 0 Å². The van der Waals surface area contributed by atoms with Gasteiger partial charge in [-0.05, 0) is 104 Å². The number of phenolic OH excluding ortho intramolecular Hbond substituents is 2. The second kappa shape index (κ2) is 20.6. The maximum atomic E-state index is 10.4. The van der Waals surface area contributed by atoms with Gasteiger partial charge in [0.25, 0.3) is 0 Å². The van der Waals surface area contributed by atoms with E-state index in [0.29, 0.717) is 23.3 Å². The fraction of sp³-hybridized carbons (Fsp3) is 0.526. The molecule has 0 atom stereocenters. The zero-order valence-electron chi connectivity index (χ0n) is 28.9. The maximum absolute atomic E-state index is 10.4. The second-order valence-electron chi connectivity index (χ2n) is 12.6. The van der Waals surface area contributed by atoms with Crippen molar-refractivity contribution in [1.82, 2.24) is 15.1 Å². The summed E-state index contributed by atoms with van der Waals surface area (Å²) in [5.41, 5.74) is 8.13. The molecule has 0 aromatic heterocycles. The molecule has 0 unspecified atom stereocenters. The van der Waals surface area contributed by atoms with Gasteiger partial charge in [-0.25, -0.2) is 0 Å². The largest absolute Gasteiger partial charge is 0.507 e. The molecule has 0 saturated carbocycles. The van der Waals surface area contributed by atoms with Crippen molar-refractivity contribution in [2.45, 2.75) is 92.7 Å². The van der Waals surface area contributed by atoms with E-state index < -0.39 is 0 Å². The summed E-state index contributed by atoms with van der Waals surface area (Å²) >= 11 is 0. The second-order valence-corrected chi connectivity index (χ2v) is 12.6. The molecule has 0 aliphatic heterocycles. The Morgan fingerprint density at radius 2 is 1.39 bits per heavy atom. The van der Waals surface area contributed by atoms with E-state index in [1.54, 1.807) is 0 Å². The Hall–Kier alpha value is -2.38. The number of aromatic hydroxyl groups is 2. The van der Waals surface area contributed by atoms with Gasteiger partial charge in [0.2, 0.25) is 0 Å². The molecule has 5 nitrogen and oxygen atoms in total. The molecule has 0 spiro atoms. The Morgan fingerprint density at radius 3 is 1.91 bits per heavy atom. The summed E-state index contributed by atoms with van der Waals surface area (Å²) in [4.78, 5) is 4.65. The number of nitrogens with one attached hydrogen (secondary N) is 1. The molecular formula is C38H60BrN3O2. The average molecular weight is 671 g/mol. The van der Waals surface area contributed by atoms with Crippen LogP contribution in [0.1, 0.15) is 98.7 Å². The molecule has 44 heavy (non-hydrogen) atoms. The van der Waals surface area contributed by atoms with Crippen LogP contribution < -0.4 is 5.32 Å². The number of aryl methyl sites for hydroxylation is 3. The molecule has 0 amide bonds. The third kappa shape index (κ3) is 13.3. The molecule has 246 valence electrons. The van der Waals surface area contributed by atoms with Gasteiger partial charge in [0.1, 0.15) is 11.5 Å². The molecule has 0 heterocycles. The van der Waals surface area contributed by atoms with E-state index >= 15 is 0 Å². The molecule has 0 aliphatic rings. The first-order valence-corrected chi connectivity index (χ1v) is 16.2. The lowest BCUT2D eigenvalue weighted by Crippen LogP contribution is -2.26. The number of halogens is 1. The van der Waals surface area contributed by atoms with Gasteiger partial charge in [0, 0.05) is 26.2 Å². The van der Waals surface area contributed by atoms with Gasteiger partial charge in [-0.2, -0.15) is 0 Å². The highest BCUT2D eigenvalue weighted by Crippen LogP contribution is 2.34. The van der Waals surface area contributed by atoms with Gasteiger partial charge >= 0.3 is 0 Å². The number of nitrogens with zero attached hydrogens (tertiary/aromatic N) is 2. The smallest absolute Gasteiger partial charge is 0.122 e.